The maximum Gasteiger partial charge on any atom is 0.442 e. The first kappa shape index (κ1) is 17.9. The molecule has 0 saturated carbocycles. The molecule has 1 N–H and O–H groups in total. The fourth-order valence-electron chi connectivity index (χ4n) is 1.03. The molecule has 0 aromatic heterocycles. The Morgan fingerprint density at radius 3 is 2.21 bits per heavy atom. The number of carboxylic acids is 1. The van der Waals surface area contributed by atoms with E-state index in [1.807, 2.05) is 0 Å². The SMILES string of the molecule is CSCC(F)[C@@](F)(C(=O)O)N(F)C(=O)OC(C)(C)C. The zero-order valence-corrected chi connectivity index (χ0v) is 11.8. The molecular formula is C10H16F3NO4S. The molecule has 0 bridgehead atoms. The fourth-order valence-corrected chi connectivity index (χ4v) is 1.55. The molecule has 0 spiro atoms. The zero-order chi connectivity index (χ0) is 15.4. The largest absolute Gasteiger partial charge is 0.477 e. The van der Waals surface area contributed by atoms with Crippen molar-refractivity contribution >= 4 is 23.8 Å². The van der Waals surface area contributed by atoms with Crippen LogP contribution in [0.2, 0.25) is 0 Å². The van der Waals surface area contributed by atoms with Crippen molar-refractivity contribution < 1.29 is 32.7 Å². The first-order valence-electron chi connectivity index (χ1n) is 5.21. The molecule has 0 aliphatic heterocycles. The van der Waals surface area contributed by atoms with E-state index in [2.05, 4.69) is 4.74 Å². The summed E-state index contributed by atoms with van der Waals surface area (Å²) in [4.78, 5) is 22.0. The summed E-state index contributed by atoms with van der Waals surface area (Å²) >= 11 is 0.772. The molecule has 1 unspecified atom stereocenters. The van der Waals surface area contributed by atoms with Crippen LogP contribution in [0, 0.1) is 0 Å². The van der Waals surface area contributed by atoms with E-state index >= 15 is 0 Å². The highest BCUT2D eigenvalue weighted by Crippen LogP contribution is 2.29. The molecule has 0 aromatic carbocycles. The minimum atomic E-state index is -4.12. The number of carbonyl (C=O) groups excluding carboxylic acids is 1. The van der Waals surface area contributed by atoms with Crippen LogP contribution in [0.1, 0.15) is 20.8 Å². The highest BCUT2D eigenvalue weighted by molar-refractivity contribution is 7.98. The number of hydrogen-bond acceptors (Lipinski definition) is 4. The zero-order valence-electron chi connectivity index (χ0n) is 10.9. The molecule has 5 nitrogen and oxygen atoms in total. The van der Waals surface area contributed by atoms with Gasteiger partial charge in [0.1, 0.15) is 5.60 Å². The van der Waals surface area contributed by atoms with Crippen molar-refractivity contribution in [2.45, 2.75) is 38.3 Å². The Morgan fingerprint density at radius 1 is 1.42 bits per heavy atom. The lowest BCUT2D eigenvalue weighted by Gasteiger charge is -2.30. The lowest BCUT2D eigenvalue weighted by Crippen LogP contribution is -2.57. The molecule has 0 aliphatic rings. The van der Waals surface area contributed by atoms with Gasteiger partial charge in [0.2, 0.25) is 0 Å². The number of nitrogens with zero attached hydrogens (tertiary/aromatic N) is 1. The number of halogens is 3. The Balaban J connectivity index is 5.19. The second-order valence-corrected chi connectivity index (χ2v) is 5.57. The molecule has 0 saturated heterocycles. The standard InChI is InChI=1S/C10H16F3NO4S/c1-9(2,3)18-8(17)14(13)10(12,7(15)16)6(11)5-19-4/h6H,5H2,1-4H3,(H,15,16)/t6?,10-/m0/s1. The number of aliphatic carboxylic acids is 1. The van der Waals surface area contributed by atoms with Crippen molar-refractivity contribution in [1.82, 2.24) is 5.12 Å². The van der Waals surface area contributed by atoms with Crippen molar-refractivity contribution in [2.75, 3.05) is 12.0 Å². The van der Waals surface area contributed by atoms with Gasteiger partial charge in [0.25, 0.3) is 0 Å². The molecule has 19 heavy (non-hydrogen) atoms. The molecule has 0 fully saturated rings. The van der Waals surface area contributed by atoms with Gasteiger partial charge in [-0.3, -0.25) is 0 Å². The summed E-state index contributed by atoms with van der Waals surface area (Å²) in [6.45, 7) is 4.11. The quantitative estimate of drug-likeness (QED) is 0.624. The first-order valence-corrected chi connectivity index (χ1v) is 6.60. The summed E-state index contributed by atoms with van der Waals surface area (Å²) < 4.78 is 45.5. The van der Waals surface area contributed by atoms with E-state index < -0.39 is 40.5 Å². The molecule has 112 valence electrons. The van der Waals surface area contributed by atoms with E-state index in [4.69, 9.17) is 5.11 Å². The van der Waals surface area contributed by atoms with E-state index in [9.17, 15) is 22.9 Å². The molecule has 0 rings (SSSR count). The van der Waals surface area contributed by atoms with Crippen LogP contribution in [0.15, 0.2) is 0 Å². The Bertz CT molecular complexity index is 350. The van der Waals surface area contributed by atoms with Crippen molar-refractivity contribution in [1.29, 1.82) is 0 Å². The number of thioether (sulfide) groups is 1. The van der Waals surface area contributed by atoms with Crippen LogP contribution in [0.25, 0.3) is 0 Å². The van der Waals surface area contributed by atoms with E-state index in [1.54, 1.807) is 0 Å². The van der Waals surface area contributed by atoms with Crippen LogP contribution in [-0.2, 0) is 9.53 Å². The van der Waals surface area contributed by atoms with Crippen LogP contribution in [-0.4, -0.2) is 51.9 Å². The Labute approximate surface area is 113 Å². The lowest BCUT2D eigenvalue weighted by atomic mass is 10.1. The van der Waals surface area contributed by atoms with Crippen LogP contribution >= 0.6 is 11.8 Å². The van der Waals surface area contributed by atoms with Gasteiger partial charge >= 0.3 is 17.9 Å². The number of hydrogen-bond donors (Lipinski definition) is 1. The Morgan fingerprint density at radius 2 is 1.89 bits per heavy atom. The third kappa shape index (κ3) is 4.48. The van der Waals surface area contributed by atoms with E-state index in [1.165, 1.54) is 27.0 Å². The molecule has 2 atom stereocenters. The first-order chi connectivity index (χ1) is 8.46. The predicted octanol–water partition coefficient (Wildman–Crippen LogP) is 2.56. The number of amides is 1. The van der Waals surface area contributed by atoms with Gasteiger partial charge in [-0.25, -0.2) is 18.4 Å². The van der Waals surface area contributed by atoms with Crippen molar-refractivity contribution in [3.63, 3.8) is 0 Å². The van der Waals surface area contributed by atoms with Crippen LogP contribution in [0.3, 0.4) is 0 Å². The molecule has 0 radical (unpaired) electrons. The van der Waals surface area contributed by atoms with Gasteiger partial charge in [-0.05, 0) is 27.0 Å². The number of carbonyl (C=O) groups is 2. The average Bonchev–Trinajstić information content (AvgIpc) is 2.24. The van der Waals surface area contributed by atoms with Gasteiger partial charge < -0.3 is 9.84 Å². The highest BCUT2D eigenvalue weighted by atomic mass is 32.2. The molecule has 0 heterocycles. The van der Waals surface area contributed by atoms with Crippen molar-refractivity contribution in [3.05, 3.63) is 0 Å². The van der Waals surface area contributed by atoms with E-state index in [0.29, 0.717) is 0 Å². The highest BCUT2D eigenvalue weighted by Gasteiger charge is 2.57. The summed E-state index contributed by atoms with van der Waals surface area (Å²) in [5, 5.41) is 7.27. The van der Waals surface area contributed by atoms with Gasteiger partial charge in [0.05, 0.1) is 0 Å². The topological polar surface area (TPSA) is 66.8 Å². The summed E-state index contributed by atoms with van der Waals surface area (Å²) in [6, 6.07) is 0. The van der Waals surface area contributed by atoms with Gasteiger partial charge in [-0.15, -0.1) is 0 Å². The maximum absolute atomic E-state index is 14.0. The molecule has 0 aliphatic carbocycles. The van der Waals surface area contributed by atoms with Crippen LogP contribution in [0.5, 0.6) is 0 Å². The monoisotopic (exact) mass is 303 g/mol. The minimum absolute atomic E-state index is 0.633. The van der Waals surface area contributed by atoms with Gasteiger partial charge in [0.15, 0.2) is 6.17 Å². The molecular weight excluding hydrogens is 287 g/mol. The maximum atomic E-state index is 14.0. The summed E-state index contributed by atoms with van der Waals surface area (Å²) in [7, 11) is 0. The average molecular weight is 303 g/mol. The lowest BCUT2D eigenvalue weighted by molar-refractivity contribution is -0.202. The summed E-state index contributed by atoms with van der Waals surface area (Å²) in [6.07, 6.45) is -3.26. The third-order valence-corrected chi connectivity index (χ3v) is 2.49. The Kier molecular flexibility index (Phi) is 5.98. The third-order valence-electron chi connectivity index (χ3n) is 1.87. The predicted molar refractivity (Wildman–Crippen MR) is 63.9 cm³/mol. The number of rotatable bonds is 5. The minimum Gasteiger partial charge on any atom is -0.477 e. The second-order valence-electron chi connectivity index (χ2n) is 4.66. The number of alkyl halides is 2. The summed E-state index contributed by atoms with van der Waals surface area (Å²) in [5.74, 6) is -7.19. The number of ether oxygens (including phenoxy) is 1. The van der Waals surface area contributed by atoms with E-state index in [0.717, 1.165) is 11.8 Å². The normalized spacial score (nSPS) is 16.4. The van der Waals surface area contributed by atoms with Gasteiger partial charge in [-0.1, -0.05) is 9.60 Å². The fraction of sp³-hybridized carbons (Fsp3) is 0.800. The van der Waals surface area contributed by atoms with Gasteiger partial charge in [-0.2, -0.15) is 11.8 Å². The van der Waals surface area contributed by atoms with Gasteiger partial charge in [0, 0.05) is 5.75 Å². The number of carboxylic acid groups (broad SMARTS) is 1. The van der Waals surface area contributed by atoms with Crippen molar-refractivity contribution in [2.24, 2.45) is 0 Å². The molecule has 0 aromatic rings. The van der Waals surface area contributed by atoms with Crippen LogP contribution < -0.4 is 0 Å². The smallest absolute Gasteiger partial charge is 0.442 e. The van der Waals surface area contributed by atoms with E-state index in [-0.39, 0.29) is 0 Å². The molecule has 9 heteroatoms. The van der Waals surface area contributed by atoms with Crippen molar-refractivity contribution in [3.8, 4) is 0 Å². The van der Waals surface area contributed by atoms with Crippen LogP contribution in [0.4, 0.5) is 18.1 Å². The summed E-state index contributed by atoms with van der Waals surface area (Å²) in [5.41, 5.74) is -1.17. The molecule has 1 amide bonds. The second kappa shape index (κ2) is 6.36. The Hall–Kier alpha value is -1.12.